The van der Waals surface area contributed by atoms with Crippen LogP contribution in [-0.2, 0) is 4.74 Å². The fraction of sp³-hybridized carbons (Fsp3) is 0.929. The van der Waals surface area contributed by atoms with Gasteiger partial charge >= 0.3 is 6.09 Å². The summed E-state index contributed by atoms with van der Waals surface area (Å²) >= 11 is 0. The molecule has 1 unspecified atom stereocenters. The molecule has 2 fully saturated rings. The molecule has 1 spiro atoms. The van der Waals surface area contributed by atoms with Crippen LogP contribution >= 0.6 is 0 Å². The third-order valence-electron chi connectivity index (χ3n) is 4.46. The van der Waals surface area contributed by atoms with Crippen molar-refractivity contribution in [2.45, 2.75) is 77.2 Å². The van der Waals surface area contributed by atoms with Gasteiger partial charge in [-0.15, -0.1) is 0 Å². The highest BCUT2D eigenvalue weighted by atomic mass is 16.6. The van der Waals surface area contributed by atoms with Crippen molar-refractivity contribution in [1.29, 1.82) is 0 Å². The molecule has 104 valence electrons. The van der Waals surface area contributed by atoms with Gasteiger partial charge in [-0.3, -0.25) is 4.90 Å². The second-order valence-corrected chi connectivity index (χ2v) is 6.56. The number of hydrogen-bond acceptors (Lipinski definition) is 2. The Hall–Kier alpha value is -0.770. The average molecular weight is 255 g/mol. The zero-order valence-corrected chi connectivity index (χ0v) is 11.9. The minimum Gasteiger partial charge on any atom is -0.465 e. The number of carboxylic acid groups (broad SMARTS) is 1. The first-order valence-corrected chi connectivity index (χ1v) is 7.02. The summed E-state index contributed by atoms with van der Waals surface area (Å²) in [5.41, 5.74) is -1.01. The van der Waals surface area contributed by atoms with Crippen molar-refractivity contribution in [3.05, 3.63) is 0 Å². The number of amides is 1. The lowest BCUT2D eigenvalue weighted by atomic mass is 9.86. The highest BCUT2D eigenvalue weighted by Gasteiger charge is 2.60. The number of rotatable bonds is 1. The largest absolute Gasteiger partial charge is 0.465 e. The Balaban J connectivity index is 2.38. The highest BCUT2D eigenvalue weighted by Crippen LogP contribution is 2.49. The van der Waals surface area contributed by atoms with E-state index in [1.54, 1.807) is 4.90 Å². The van der Waals surface area contributed by atoms with Crippen molar-refractivity contribution in [3.63, 3.8) is 0 Å². The Labute approximate surface area is 109 Å². The molecule has 4 heteroatoms. The van der Waals surface area contributed by atoms with Crippen LogP contribution in [0.25, 0.3) is 0 Å². The van der Waals surface area contributed by atoms with Gasteiger partial charge in [0.05, 0.1) is 11.6 Å². The van der Waals surface area contributed by atoms with Gasteiger partial charge in [0.1, 0.15) is 5.72 Å². The molecule has 0 aromatic heterocycles. The Bertz CT molecular complexity index is 332. The summed E-state index contributed by atoms with van der Waals surface area (Å²) in [6.45, 7) is 8.20. The predicted octanol–water partition coefficient (Wildman–Crippen LogP) is 3.46. The molecular weight excluding hydrogens is 230 g/mol. The predicted molar refractivity (Wildman–Crippen MR) is 69.5 cm³/mol. The first-order valence-electron chi connectivity index (χ1n) is 7.02. The van der Waals surface area contributed by atoms with Gasteiger partial charge in [0.15, 0.2) is 0 Å². The molecule has 1 saturated carbocycles. The van der Waals surface area contributed by atoms with Crippen molar-refractivity contribution in [1.82, 2.24) is 4.90 Å². The number of ether oxygens (including phenoxy) is 1. The van der Waals surface area contributed by atoms with E-state index in [0.29, 0.717) is 5.92 Å². The fourth-order valence-electron chi connectivity index (χ4n) is 3.90. The maximum atomic E-state index is 11.7. The Kier molecular flexibility index (Phi) is 3.34. The zero-order valence-electron chi connectivity index (χ0n) is 11.9. The summed E-state index contributed by atoms with van der Waals surface area (Å²) in [5, 5.41) is 9.61. The zero-order chi connectivity index (χ0) is 13.6. The van der Waals surface area contributed by atoms with Crippen LogP contribution in [0.4, 0.5) is 4.79 Å². The van der Waals surface area contributed by atoms with E-state index in [9.17, 15) is 9.90 Å². The SMILES string of the molecule is CC(C)C1OC2(CCCCC2)N(C(=O)O)C1(C)C. The van der Waals surface area contributed by atoms with Gasteiger partial charge in [0, 0.05) is 0 Å². The normalized spacial score (nSPS) is 30.1. The van der Waals surface area contributed by atoms with Crippen molar-refractivity contribution < 1.29 is 14.6 Å². The molecule has 0 radical (unpaired) electrons. The van der Waals surface area contributed by atoms with Crippen molar-refractivity contribution in [3.8, 4) is 0 Å². The van der Waals surface area contributed by atoms with Gasteiger partial charge in [0.2, 0.25) is 0 Å². The lowest BCUT2D eigenvalue weighted by molar-refractivity contribution is -0.124. The van der Waals surface area contributed by atoms with E-state index in [4.69, 9.17) is 4.74 Å². The van der Waals surface area contributed by atoms with Crippen LogP contribution in [-0.4, -0.2) is 33.5 Å². The van der Waals surface area contributed by atoms with Crippen molar-refractivity contribution in [2.75, 3.05) is 0 Å². The van der Waals surface area contributed by atoms with Crippen molar-refractivity contribution in [2.24, 2.45) is 5.92 Å². The molecule has 2 rings (SSSR count). The van der Waals surface area contributed by atoms with Gasteiger partial charge in [0.25, 0.3) is 0 Å². The Morgan fingerprint density at radius 1 is 1.28 bits per heavy atom. The van der Waals surface area contributed by atoms with Gasteiger partial charge in [-0.2, -0.15) is 0 Å². The third-order valence-corrected chi connectivity index (χ3v) is 4.46. The van der Waals surface area contributed by atoms with Gasteiger partial charge in [-0.25, -0.2) is 4.79 Å². The summed E-state index contributed by atoms with van der Waals surface area (Å²) < 4.78 is 6.29. The minimum atomic E-state index is -0.843. The van der Waals surface area contributed by atoms with E-state index in [2.05, 4.69) is 13.8 Å². The van der Waals surface area contributed by atoms with Crippen LogP contribution in [0.1, 0.15) is 59.8 Å². The number of hydrogen-bond donors (Lipinski definition) is 1. The summed E-state index contributed by atoms with van der Waals surface area (Å²) in [7, 11) is 0. The molecule has 0 bridgehead atoms. The molecule has 1 N–H and O–H groups in total. The molecule has 1 aliphatic carbocycles. The molecule has 4 nitrogen and oxygen atoms in total. The standard InChI is InChI=1S/C14H25NO3/c1-10(2)11-13(3,4)15(12(16)17)14(18-11)8-6-5-7-9-14/h10-11H,5-9H2,1-4H3,(H,16,17). The first-order chi connectivity index (χ1) is 8.31. The van der Waals surface area contributed by atoms with Crippen LogP contribution in [0.15, 0.2) is 0 Å². The summed E-state index contributed by atoms with van der Waals surface area (Å²) in [6.07, 6.45) is 4.12. The molecule has 0 aromatic rings. The van der Waals surface area contributed by atoms with E-state index < -0.39 is 17.4 Å². The summed E-state index contributed by atoms with van der Waals surface area (Å²) in [4.78, 5) is 13.3. The number of carbonyl (C=O) groups is 1. The highest BCUT2D eigenvalue weighted by molar-refractivity contribution is 5.68. The first kappa shape index (κ1) is 13.7. The second-order valence-electron chi connectivity index (χ2n) is 6.56. The molecule has 1 amide bonds. The topological polar surface area (TPSA) is 49.8 Å². The van der Waals surface area contributed by atoms with E-state index >= 15 is 0 Å². The lowest BCUT2D eigenvalue weighted by Gasteiger charge is -2.42. The van der Waals surface area contributed by atoms with Gasteiger partial charge in [-0.05, 0) is 45.4 Å². The smallest absolute Gasteiger partial charge is 0.410 e. The molecule has 1 atom stereocenters. The summed E-state index contributed by atoms with van der Waals surface area (Å²) in [6, 6.07) is 0. The lowest BCUT2D eigenvalue weighted by Crippen LogP contribution is -2.56. The van der Waals surface area contributed by atoms with Gasteiger partial charge < -0.3 is 9.84 Å². The van der Waals surface area contributed by atoms with Crippen molar-refractivity contribution >= 4 is 6.09 Å². The van der Waals surface area contributed by atoms with E-state index in [1.165, 1.54) is 6.42 Å². The fourth-order valence-corrected chi connectivity index (χ4v) is 3.90. The summed E-state index contributed by atoms with van der Waals surface area (Å²) in [5.74, 6) is 0.322. The number of nitrogens with zero attached hydrogens (tertiary/aromatic N) is 1. The minimum absolute atomic E-state index is 0.0216. The van der Waals surface area contributed by atoms with Crippen LogP contribution in [0, 0.1) is 5.92 Å². The molecule has 18 heavy (non-hydrogen) atoms. The molecular formula is C14H25NO3. The van der Waals surface area contributed by atoms with E-state index in [-0.39, 0.29) is 6.10 Å². The van der Waals surface area contributed by atoms with Crippen LogP contribution in [0.2, 0.25) is 0 Å². The Morgan fingerprint density at radius 2 is 1.83 bits per heavy atom. The molecule has 0 aromatic carbocycles. The molecule has 1 heterocycles. The monoisotopic (exact) mass is 255 g/mol. The van der Waals surface area contributed by atoms with Crippen LogP contribution in [0.3, 0.4) is 0 Å². The molecule has 1 aliphatic heterocycles. The third kappa shape index (κ3) is 1.91. The average Bonchev–Trinajstić information content (AvgIpc) is 2.47. The van der Waals surface area contributed by atoms with Crippen LogP contribution < -0.4 is 0 Å². The van der Waals surface area contributed by atoms with E-state index in [0.717, 1.165) is 25.7 Å². The maximum Gasteiger partial charge on any atom is 0.410 e. The molecule has 2 aliphatic rings. The second kappa shape index (κ2) is 4.41. The van der Waals surface area contributed by atoms with E-state index in [1.807, 2.05) is 13.8 Å². The van der Waals surface area contributed by atoms with Gasteiger partial charge in [-0.1, -0.05) is 20.3 Å². The molecule has 1 saturated heterocycles. The van der Waals surface area contributed by atoms with Crippen LogP contribution in [0.5, 0.6) is 0 Å². The quantitative estimate of drug-likeness (QED) is 0.780. The Morgan fingerprint density at radius 3 is 2.28 bits per heavy atom. The maximum absolute atomic E-state index is 11.7.